The number of rotatable bonds is 1. The molecule has 2 rings (SSSR count). The third kappa shape index (κ3) is 0.994. The molecule has 2 atom stereocenters. The van der Waals surface area contributed by atoms with Crippen LogP contribution in [0, 0.1) is 0 Å². The van der Waals surface area contributed by atoms with Crippen LogP contribution in [0.25, 0.3) is 0 Å². The molecule has 2 aliphatic rings. The molecule has 0 bridgehead atoms. The molecule has 0 N–H and O–H groups in total. The van der Waals surface area contributed by atoms with E-state index < -0.39 is 6.17 Å². The van der Waals surface area contributed by atoms with E-state index in [2.05, 4.69) is 11.8 Å². The predicted octanol–water partition coefficient (Wildman–Crippen LogP) is 1.97. The van der Waals surface area contributed by atoms with Crippen LogP contribution in [0.1, 0.15) is 32.6 Å². The fraction of sp³-hybridized carbons (Fsp3) is 1.00. The molecule has 2 aliphatic heterocycles. The molecule has 2 heterocycles. The Morgan fingerprint density at radius 2 is 2.45 bits per heavy atom. The summed E-state index contributed by atoms with van der Waals surface area (Å²) in [6.07, 6.45) is 3.89. The topological polar surface area (TPSA) is 3.24 Å². The highest BCUT2D eigenvalue weighted by Gasteiger charge is 2.46. The van der Waals surface area contributed by atoms with Gasteiger partial charge in [-0.15, -0.1) is 0 Å². The number of nitrogens with zero attached hydrogens (tertiary/aromatic N) is 1. The van der Waals surface area contributed by atoms with Crippen LogP contribution in [-0.4, -0.2) is 29.7 Å². The molecule has 2 heteroatoms. The van der Waals surface area contributed by atoms with E-state index >= 15 is 0 Å². The van der Waals surface area contributed by atoms with Crippen molar-refractivity contribution in [1.82, 2.24) is 4.90 Å². The normalized spacial score (nSPS) is 44.7. The lowest BCUT2D eigenvalue weighted by atomic mass is 9.91. The smallest absolute Gasteiger partial charge is 0.115 e. The second-order valence-electron chi connectivity index (χ2n) is 3.93. The molecule has 0 aromatic heterocycles. The zero-order valence-electron chi connectivity index (χ0n) is 7.15. The van der Waals surface area contributed by atoms with Gasteiger partial charge in [0.15, 0.2) is 0 Å². The first kappa shape index (κ1) is 7.53. The molecule has 0 spiro atoms. The van der Waals surface area contributed by atoms with E-state index in [1.54, 1.807) is 0 Å². The number of hydrogen-bond donors (Lipinski definition) is 0. The molecular formula is C9H16FN. The van der Waals surface area contributed by atoms with Crippen molar-refractivity contribution in [3.8, 4) is 0 Å². The SMILES string of the molecule is CC[C@]12CCCN1C[C@@H](F)C2. The van der Waals surface area contributed by atoms with Crippen LogP contribution >= 0.6 is 0 Å². The van der Waals surface area contributed by atoms with Crippen molar-refractivity contribution in [1.29, 1.82) is 0 Å². The molecule has 0 amide bonds. The Bertz CT molecular complexity index is 160. The summed E-state index contributed by atoms with van der Waals surface area (Å²) in [4.78, 5) is 2.36. The van der Waals surface area contributed by atoms with Crippen molar-refractivity contribution >= 4 is 0 Å². The Morgan fingerprint density at radius 3 is 3.09 bits per heavy atom. The Labute approximate surface area is 67.6 Å². The van der Waals surface area contributed by atoms with Gasteiger partial charge >= 0.3 is 0 Å². The summed E-state index contributed by atoms with van der Waals surface area (Å²) in [5.74, 6) is 0. The van der Waals surface area contributed by atoms with Crippen LogP contribution in [0.3, 0.4) is 0 Å². The van der Waals surface area contributed by atoms with E-state index in [0.29, 0.717) is 6.54 Å². The van der Waals surface area contributed by atoms with Gasteiger partial charge in [0.25, 0.3) is 0 Å². The van der Waals surface area contributed by atoms with Gasteiger partial charge in [0.2, 0.25) is 0 Å². The minimum Gasteiger partial charge on any atom is -0.295 e. The lowest BCUT2D eigenvalue weighted by molar-refractivity contribution is 0.189. The van der Waals surface area contributed by atoms with E-state index in [4.69, 9.17) is 0 Å². The van der Waals surface area contributed by atoms with E-state index in [0.717, 1.165) is 19.4 Å². The minimum absolute atomic E-state index is 0.277. The van der Waals surface area contributed by atoms with Gasteiger partial charge < -0.3 is 0 Å². The van der Waals surface area contributed by atoms with Gasteiger partial charge in [-0.3, -0.25) is 4.90 Å². The quantitative estimate of drug-likeness (QED) is 0.562. The van der Waals surface area contributed by atoms with Crippen molar-refractivity contribution in [3.05, 3.63) is 0 Å². The maximum Gasteiger partial charge on any atom is 0.115 e. The van der Waals surface area contributed by atoms with Gasteiger partial charge in [0.05, 0.1) is 0 Å². The maximum absolute atomic E-state index is 13.0. The van der Waals surface area contributed by atoms with Crippen LogP contribution in [-0.2, 0) is 0 Å². The fourth-order valence-corrected chi connectivity index (χ4v) is 2.77. The highest BCUT2D eigenvalue weighted by atomic mass is 19.1. The first-order chi connectivity index (χ1) is 5.27. The van der Waals surface area contributed by atoms with Crippen LogP contribution in [0.4, 0.5) is 4.39 Å². The Balaban J connectivity index is 2.15. The van der Waals surface area contributed by atoms with Crippen LogP contribution in [0.5, 0.6) is 0 Å². The average molecular weight is 157 g/mol. The third-order valence-electron chi connectivity index (χ3n) is 3.42. The van der Waals surface area contributed by atoms with Gasteiger partial charge in [-0.1, -0.05) is 6.92 Å². The molecule has 0 unspecified atom stereocenters. The molecule has 2 fully saturated rings. The first-order valence-electron chi connectivity index (χ1n) is 4.66. The summed E-state index contributed by atoms with van der Waals surface area (Å²) in [6, 6.07) is 0. The van der Waals surface area contributed by atoms with Crippen molar-refractivity contribution in [2.75, 3.05) is 13.1 Å². The maximum atomic E-state index is 13.0. The first-order valence-corrected chi connectivity index (χ1v) is 4.66. The summed E-state index contributed by atoms with van der Waals surface area (Å²) in [5, 5.41) is 0. The zero-order chi connectivity index (χ0) is 7.90. The summed E-state index contributed by atoms with van der Waals surface area (Å²) in [7, 11) is 0. The van der Waals surface area contributed by atoms with Crippen molar-refractivity contribution in [2.45, 2.75) is 44.3 Å². The van der Waals surface area contributed by atoms with Gasteiger partial charge in [-0.25, -0.2) is 4.39 Å². The minimum atomic E-state index is -0.546. The van der Waals surface area contributed by atoms with E-state index in [9.17, 15) is 4.39 Å². The summed E-state index contributed by atoms with van der Waals surface area (Å²) in [6.45, 7) is 4.03. The molecule has 0 aromatic carbocycles. The highest BCUT2D eigenvalue weighted by Crippen LogP contribution is 2.41. The summed E-state index contributed by atoms with van der Waals surface area (Å²) >= 11 is 0. The highest BCUT2D eigenvalue weighted by molar-refractivity contribution is 5.02. The van der Waals surface area contributed by atoms with Gasteiger partial charge in [-0.2, -0.15) is 0 Å². The van der Waals surface area contributed by atoms with Gasteiger partial charge in [-0.05, 0) is 32.2 Å². The largest absolute Gasteiger partial charge is 0.295 e. The molecule has 0 aliphatic carbocycles. The molecular weight excluding hydrogens is 141 g/mol. The third-order valence-corrected chi connectivity index (χ3v) is 3.42. The van der Waals surface area contributed by atoms with Crippen LogP contribution in [0.2, 0.25) is 0 Å². The van der Waals surface area contributed by atoms with Crippen molar-refractivity contribution < 1.29 is 4.39 Å². The molecule has 1 nitrogen and oxygen atoms in total. The monoisotopic (exact) mass is 157 g/mol. The number of hydrogen-bond acceptors (Lipinski definition) is 1. The van der Waals surface area contributed by atoms with Gasteiger partial charge in [0, 0.05) is 12.1 Å². The predicted molar refractivity (Wildman–Crippen MR) is 43.3 cm³/mol. The Hall–Kier alpha value is -0.110. The fourth-order valence-electron chi connectivity index (χ4n) is 2.77. The Kier molecular flexibility index (Phi) is 1.67. The zero-order valence-corrected chi connectivity index (χ0v) is 7.15. The number of alkyl halides is 1. The van der Waals surface area contributed by atoms with Crippen molar-refractivity contribution in [3.63, 3.8) is 0 Å². The standard InChI is InChI=1S/C9H16FN/c1-2-9-4-3-5-11(9)7-8(10)6-9/h8H,2-7H2,1H3/t8-,9+/m0/s1. The lowest BCUT2D eigenvalue weighted by Gasteiger charge is -2.29. The number of halogens is 1. The molecule has 11 heavy (non-hydrogen) atoms. The molecule has 0 aromatic rings. The van der Waals surface area contributed by atoms with E-state index in [1.165, 1.54) is 12.8 Å². The van der Waals surface area contributed by atoms with E-state index in [-0.39, 0.29) is 5.54 Å². The van der Waals surface area contributed by atoms with Crippen molar-refractivity contribution in [2.24, 2.45) is 0 Å². The van der Waals surface area contributed by atoms with Crippen LogP contribution < -0.4 is 0 Å². The summed E-state index contributed by atoms with van der Waals surface area (Å²) in [5.41, 5.74) is 0.277. The molecule has 2 saturated heterocycles. The Morgan fingerprint density at radius 1 is 1.64 bits per heavy atom. The van der Waals surface area contributed by atoms with Gasteiger partial charge in [0.1, 0.15) is 6.17 Å². The lowest BCUT2D eigenvalue weighted by Crippen LogP contribution is -2.37. The second kappa shape index (κ2) is 2.44. The van der Waals surface area contributed by atoms with Crippen LogP contribution in [0.15, 0.2) is 0 Å². The van der Waals surface area contributed by atoms with E-state index in [1.807, 2.05) is 0 Å². The average Bonchev–Trinajstić information content (AvgIpc) is 2.43. The molecule has 64 valence electrons. The number of fused-ring (bicyclic) bond motifs is 1. The second-order valence-corrected chi connectivity index (χ2v) is 3.93. The summed E-state index contributed by atoms with van der Waals surface area (Å²) < 4.78 is 13.0. The molecule has 0 radical (unpaired) electrons. The molecule has 0 saturated carbocycles.